The van der Waals surface area contributed by atoms with E-state index in [1.165, 1.54) is 26.3 Å². The van der Waals surface area contributed by atoms with Gasteiger partial charge < -0.3 is 14.2 Å². The Hall–Kier alpha value is -2.22. The summed E-state index contributed by atoms with van der Waals surface area (Å²) >= 11 is 0. The number of ketones is 1. The van der Waals surface area contributed by atoms with Gasteiger partial charge >= 0.3 is 17.9 Å². The fourth-order valence-electron chi connectivity index (χ4n) is 11.2. The number of carbonyl (C=O) groups excluding carboxylic acids is 4. The van der Waals surface area contributed by atoms with Crippen LogP contribution in [0.1, 0.15) is 93.4 Å². The van der Waals surface area contributed by atoms with Crippen LogP contribution in [-0.2, 0) is 33.4 Å². The van der Waals surface area contributed by atoms with Gasteiger partial charge in [0.1, 0.15) is 23.6 Å². The minimum atomic E-state index is -0.833. The molecule has 5 fully saturated rings. The highest BCUT2D eigenvalue weighted by molar-refractivity contribution is 5.90. The average molecular weight is 570 g/mol. The Morgan fingerprint density at radius 2 is 1.63 bits per heavy atom. The lowest BCUT2D eigenvalue weighted by Crippen LogP contribution is -2.69. The number of Topliss-reactive ketones (excluding diaryl/α,β-unsaturated/α-hetero) is 1. The SMILES string of the molecule is CC(=O)OC1CCC2(C)C(=CCC3C4CCC5(OC(C)=O)C(C)C6C(OC(C)=O)CC(C)CN6C5(C)C4C(=O)C32)C1. The molecule has 8 nitrogen and oxygen atoms in total. The van der Waals surface area contributed by atoms with E-state index in [4.69, 9.17) is 14.2 Å². The lowest BCUT2D eigenvalue weighted by atomic mass is 9.56. The van der Waals surface area contributed by atoms with Crippen molar-refractivity contribution < 1.29 is 33.4 Å². The van der Waals surface area contributed by atoms with Gasteiger partial charge in [-0.15, -0.1) is 0 Å². The van der Waals surface area contributed by atoms with Crippen molar-refractivity contribution in [1.29, 1.82) is 0 Å². The van der Waals surface area contributed by atoms with Gasteiger partial charge in [-0.2, -0.15) is 0 Å². The number of esters is 3. The summed E-state index contributed by atoms with van der Waals surface area (Å²) in [7, 11) is 0. The van der Waals surface area contributed by atoms with Crippen LogP contribution < -0.4 is 0 Å². The van der Waals surface area contributed by atoms with E-state index >= 15 is 4.79 Å². The van der Waals surface area contributed by atoms with Crippen molar-refractivity contribution >= 4 is 23.7 Å². The molecule has 2 heterocycles. The van der Waals surface area contributed by atoms with E-state index < -0.39 is 11.1 Å². The summed E-state index contributed by atoms with van der Waals surface area (Å²) in [6.45, 7) is 14.0. The van der Waals surface area contributed by atoms with Crippen molar-refractivity contribution in [3.8, 4) is 0 Å². The molecule has 6 rings (SSSR count). The van der Waals surface area contributed by atoms with Crippen LogP contribution in [0.25, 0.3) is 0 Å². The zero-order valence-corrected chi connectivity index (χ0v) is 25.7. The van der Waals surface area contributed by atoms with Gasteiger partial charge in [-0.25, -0.2) is 0 Å². The smallest absolute Gasteiger partial charge is 0.303 e. The Morgan fingerprint density at radius 3 is 2.29 bits per heavy atom. The molecule has 0 radical (unpaired) electrons. The second-order valence-corrected chi connectivity index (χ2v) is 14.6. The molecule has 0 amide bonds. The second kappa shape index (κ2) is 9.65. The van der Waals surface area contributed by atoms with Crippen LogP contribution in [0.2, 0.25) is 0 Å². The molecule has 0 spiro atoms. The number of hydrogen-bond acceptors (Lipinski definition) is 8. The predicted octanol–water partition coefficient (Wildman–Crippen LogP) is 4.63. The highest BCUT2D eigenvalue weighted by Crippen LogP contribution is 2.69. The molecular weight excluding hydrogens is 522 g/mol. The van der Waals surface area contributed by atoms with Crippen LogP contribution in [0.3, 0.4) is 0 Å². The lowest BCUT2D eigenvalue weighted by molar-refractivity contribution is -0.194. The van der Waals surface area contributed by atoms with Crippen LogP contribution >= 0.6 is 0 Å². The van der Waals surface area contributed by atoms with Crippen molar-refractivity contribution in [3.05, 3.63) is 11.6 Å². The van der Waals surface area contributed by atoms with Crippen molar-refractivity contribution in [2.75, 3.05) is 6.54 Å². The highest BCUT2D eigenvalue weighted by atomic mass is 16.6. The number of ether oxygens (including phenoxy) is 3. The van der Waals surface area contributed by atoms with Crippen LogP contribution in [0.5, 0.6) is 0 Å². The van der Waals surface area contributed by atoms with E-state index in [1.807, 2.05) is 0 Å². The Labute approximate surface area is 243 Å². The molecule has 0 N–H and O–H groups in total. The van der Waals surface area contributed by atoms with Crippen molar-refractivity contribution in [2.24, 2.45) is 40.9 Å². The number of allylic oxidation sites excluding steroid dienone is 1. The molecule has 0 bridgehead atoms. The van der Waals surface area contributed by atoms with Crippen LogP contribution in [0, 0.1) is 40.9 Å². The van der Waals surface area contributed by atoms with Gasteiger partial charge in [0, 0.05) is 51.5 Å². The van der Waals surface area contributed by atoms with Crippen LogP contribution in [0.15, 0.2) is 11.6 Å². The van der Waals surface area contributed by atoms with Crippen molar-refractivity contribution in [1.82, 2.24) is 4.90 Å². The number of piperidine rings is 1. The number of carbonyl (C=O) groups is 4. The van der Waals surface area contributed by atoms with Gasteiger partial charge in [0.25, 0.3) is 0 Å². The fraction of sp³-hybridized carbons (Fsp3) is 0.818. The minimum Gasteiger partial charge on any atom is -0.462 e. The first kappa shape index (κ1) is 28.9. The molecule has 4 aliphatic carbocycles. The van der Waals surface area contributed by atoms with E-state index in [1.54, 1.807) is 0 Å². The summed E-state index contributed by atoms with van der Waals surface area (Å²) < 4.78 is 18.0. The first-order valence-electron chi connectivity index (χ1n) is 15.8. The number of nitrogens with zero attached hydrogens (tertiary/aromatic N) is 1. The van der Waals surface area contributed by atoms with E-state index in [0.29, 0.717) is 18.6 Å². The molecule has 12 atom stereocenters. The molecule has 2 saturated heterocycles. The van der Waals surface area contributed by atoms with Gasteiger partial charge in [-0.05, 0) is 68.6 Å². The number of fused-ring (bicyclic) bond motifs is 9. The molecule has 226 valence electrons. The van der Waals surface area contributed by atoms with Gasteiger partial charge in [0.05, 0.1) is 11.6 Å². The van der Waals surface area contributed by atoms with Crippen LogP contribution in [-0.4, -0.2) is 64.5 Å². The summed E-state index contributed by atoms with van der Waals surface area (Å²) in [6, 6.07) is -0.114. The van der Waals surface area contributed by atoms with Crippen molar-refractivity contribution in [2.45, 2.75) is 123 Å². The summed E-state index contributed by atoms with van der Waals surface area (Å²) in [5.41, 5.74) is -0.522. The van der Waals surface area contributed by atoms with Gasteiger partial charge in [0.15, 0.2) is 0 Å². The summed E-state index contributed by atoms with van der Waals surface area (Å²) in [6.07, 6.45) is 7.38. The maximum absolute atomic E-state index is 15.0. The molecular formula is C33H47NO7. The Bertz CT molecular complexity index is 1200. The van der Waals surface area contributed by atoms with E-state index in [-0.39, 0.29) is 77.1 Å². The summed E-state index contributed by atoms with van der Waals surface area (Å²) in [4.78, 5) is 54.2. The highest BCUT2D eigenvalue weighted by Gasteiger charge is 2.78. The molecule has 6 aliphatic rings. The Balaban J connectivity index is 1.42. The molecule has 8 heteroatoms. The first-order chi connectivity index (χ1) is 19.2. The summed E-state index contributed by atoms with van der Waals surface area (Å²) in [5, 5.41) is 0. The summed E-state index contributed by atoms with van der Waals surface area (Å²) in [5.74, 6) is -0.278. The third-order valence-electron chi connectivity index (χ3n) is 12.5. The standard InChI is InChI=1S/C33H47NO7/c1-17-14-26(40-20(4)36)29-18(2)33(41-21(5)37)13-11-25-24-9-8-22-15-23(39-19(3)35)10-12-31(22,6)27(24)30(38)28(25)32(33,7)34(29)16-17/h8,17-18,23-29H,9-16H2,1-7H3. The fourth-order valence-corrected chi connectivity index (χ4v) is 11.2. The molecule has 0 aromatic rings. The first-order valence-corrected chi connectivity index (χ1v) is 15.8. The third-order valence-corrected chi connectivity index (χ3v) is 12.5. The zero-order valence-electron chi connectivity index (χ0n) is 25.7. The maximum atomic E-state index is 15.0. The predicted molar refractivity (Wildman–Crippen MR) is 150 cm³/mol. The number of hydrogen-bond donors (Lipinski definition) is 0. The topological polar surface area (TPSA) is 99.2 Å². The van der Waals surface area contributed by atoms with Gasteiger partial charge in [0.2, 0.25) is 0 Å². The monoisotopic (exact) mass is 569 g/mol. The largest absolute Gasteiger partial charge is 0.462 e. The minimum absolute atomic E-state index is 0.0898. The molecule has 0 aromatic carbocycles. The Kier molecular flexibility index (Phi) is 6.80. The zero-order chi connectivity index (χ0) is 29.6. The van der Waals surface area contributed by atoms with Crippen LogP contribution in [0.4, 0.5) is 0 Å². The average Bonchev–Trinajstić information content (AvgIpc) is 3.26. The van der Waals surface area contributed by atoms with Gasteiger partial charge in [-0.1, -0.05) is 32.4 Å². The van der Waals surface area contributed by atoms with Crippen molar-refractivity contribution in [3.63, 3.8) is 0 Å². The molecule has 12 unspecified atom stereocenters. The van der Waals surface area contributed by atoms with Gasteiger partial charge in [-0.3, -0.25) is 24.1 Å². The third kappa shape index (κ3) is 3.94. The van der Waals surface area contributed by atoms with E-state index in [2.05, 4.69) is 38.7 Å². The Morgan fingerprint density at radius 1 is 0.927 bits per heavy atom. The molecule has 41 heavy (non-hydrogen) atoms. The second-order valence-electron chi connectivity index (χ2n) is 14.6. The quantitative estimate of drug-likeness (QED) is 0.276. The van der Waals surface area contributed by atoms with E-state index in [0.717, 1.165) is 38.6 Å². The number of rotatable bonds is 3. The molecule has 2 aliphatic heterocycles. The normalized spacial score (nSPS) is 48.5. The molecule has 0 aromatic heterocycles. The molecule has 3 saturated carbocycles. The lowest BCUT2D eigenvalue weighted by Gasteiger charge is -2.57. The van der Waals surface area contributed by atoms with E-state index in [9.17, 15) is 14.4 Å². The maximum Gasteiger partial charge on any atom is 0.303 e.